The van der Waals surface area contributed by atoms with Crippen molar-refractivity contribution in [2.75, 3.05) is 13.1 Å². The van der Waals surface area contributed by atoms with Gasteiger partial charge in [-0.15, -0.1) is 0 Å². The maximum absolute atomic E-state index is 12.5. The lowest BCUT2D eigenvalue weighted by atomic mass is 9.93. The average molecular weight is 369 g/mol. The molecule has 8 nitrogen and oxygen atoms in total. The average Bonchev–Trinajstić information content (AvgIpc) is 3.02. The molecule has 8 heteroatoms. The monoisotopic (exact) mass is 369 g/mol. The number of rotatable bonds is 1. The summed E-state index contributed by atoms with van der Waals surface area (Å²) in [6.07, 6.45) is 0.443. The highest BCUT2D eigenvalue weighted by Crippen LogP contribution is 2.32. The first-order chi connectivity index (χ1) is 11.8. The van der Waals surface area contributed by atoms with Crippen molar-refractivity contribution in [2.45, 2.75) is 77.7 Å². The number of carbonyl (C=O) groups is 3. The molecule has 3 atom stereocenters. The largest absolute Gasteiger partial charge is 0.444 e. The predicted molar refractivity (Wildman–Crippen MR) is 95.4 cm³/mol. The van der Waals surface area contributed by atoms with Gasteiger partial charge in [-0.25, -0.2) is 14.5 Å². The molecule has 0 bridgehead atoms. The van der Waals surface area contributed by atoms with Gasteiger partial charge in [-0.05, 0) is 54.4 Å². The summed E-state index contributed by atoms with van der Waals surface area (Å²) in [5.74, 6) is -0.787. The fourth-order valence-corrected chi connectivity index (χ4v) is 3.40. The Morgan fingerprint density at radius 3 is 2.12 bits per heavy atom. The summed E-state index contributed by atoms with van der Waals surface area (Å²) in [5, 5.41) is 0. The van der Waals surface area contributed by atoms with E-state index in [9.17, 15) is 14.4 Å². The molecule has 2 saturated heterocycles. The van der Waals surface area contributed by atoms with Crippen molar-refractivity contribution < 1.29 is 23.9 Å². The van der Waals surface area contributed by atoms with Gasteiger partial charge >= 0.3 is 12.2 Å². The minimum absolute atomic E-state index is 0.152. The second kappa shape index (κ2) is 7.06. The molecular weight excluding hydrogens is 338 g/mol. The van der Waals surface area contributed by atoms with Crippen LogP contribution in [0.2, 0.25) is 0 Å². The Balaban J connectivity index is 2.11. The van der Waals surface area contributed by atoms with Crippen LogP contribution in [0, 0.1) is 5.92 Å². The van der Waals surface area contributed by atoms with Crippen molar-refractivity contribution in [3.05, 3.63) is 0 Å². The summed E-state index contributed by atoms with van der Waals surface area (Å²) in [4.78, 5) is 40.0. The molecule has 0 radical (unpaired) electrons. The fraction of sp³-hybridized carbons (Fsp3) is 0.833. The number of nitrogens with two attached hydrogens (primary N) is 1. The molecule has 2 N–H and O–H groups in total. The Kier molecular flexibility index (Phi) is 5.56. The van der Waals surface area contributed by atoms with Crippen LogP contribution in [0.1, 0.15) is 54.4 Å². The second-order valence-corrected chi connectivity index (χ2v) is 9.00. The Labute approximate surface area is 155 Å². The number of ether oxygens (including phenoxy) is 2. The molecule has 2 rings (SSSR count). The van der Waals surface area contributed by atoms with Gasteiger partial charge in [0.05, 0.1) is 6.04 Å². The third-order valence-corrected chi connectivity index (χ3v) is 4.44. The topological polar surface area (TPSA) is 102 Å². The Hall–Kier alpha value is -1.83. The van der Waals surface area contributed by atoms with Gasteiger partial charge in [0, 0.05) is 25.0 Å². The number of carbonyl (C=O) groups excluding carboxylic acids is 3. The molecule has 0 saturated carbocycles. The second-order valence-electron chi connectivity index (χ2n) is 9.00. The van der Waals surface area contributed by atoms with E-state index in [2.05, 4.69) is 0 Å². The summed E-state index contributed by atoms with van der Waals surface area (Å²) in [7, 11) is 0. The van der Waals surface area contributed by atoms with Crippen LogP contribution >= 0.6 is 0 Å². The molecular formula is C18H31N3O5. The maximum atomic E-state index is 12.5. The zero-order chi connectivity index (χ0) is 19.9. The van der Waals surface area contributed by atoms with E-state index >= 15 is 0 Å². The van der Waals surface area contributed by atoms with Crippen LogP contribution in [0.5, 0.6) is 0 Å². The van der Waals surface area contributed by atoms with Crippen LogP contribution in [-0.2, 0) is 14.3 Å². The molecule has 0 aromatic carbocycles. The van der Waals surface area contributed by atoms with Gasteiger partial charge in [0.15, 0.2) is 0 Å². The molecule has 148 valence electrons. The quantitative estimate of drug-likeness (QED) is 0.759. The van der Waals surface area contributed by atoms with Crippen LogP contribution in [0.4, 0.5) is 9.59 Å². The molecule has 3 amide bonds. The van der Waals surface area contributed by atoms with Gasteiger partial charge in [0.25, 0.3) is 0 Å². The number of nitrogens with zero attached hydrogens (tertiary/aromatic N) is 2. The van der Waals surface area contributed by atoms with Crippen molar-refractivity contribution in [3.63, 3.8) is 0 Å². The smallest absolute Gasteiger partial charge is 0.417 e. The van der Waals surface area contributed by atoms with Crippen molar-refractivity contribution in [1.29, 1.82) is 0 Å². The number of imide groups is 1. The van der Waals surface area contributed by atoms with Crippen LogP contribution in [0.25, 0.3) is 0 Å². The summed E-state index contributed by atoms with van der Waals surface area (Å²) < 4.78 is 10.8. The molecule has 2 aliphatic heterocycles. The van der Waals surface area contributed by atoms with E-state index in [1.807, 2.05) is 20.8 Å². The fourth-order valence-electron chi connectivity index (χ4n) is 3.40. The highest BCUT2D eigenvalue weighted by molar-refractivity contribution is 5.97. The van der Waals surface area contributed by atoms with E-state index < -0.39 is 35.3 Å². The lowest BCUT2D eigenvalue weighted by molar-refractivity contribution is -0.128. The zero-order valence-corrected chi connectivity index (χ0v) is 16.6. The summed E-state index contributed by atoms with van der Waals surface area (Å²) in [5.41, 5.74) is 4.81. The van der Waals surface area contributed by atoms with Gasteiger partial charge < -0.3 is 20.1 Å². The Morgan fingerprint density at radius 1 is 1.04 bits per heavy atom. The van der Waals surface area contributed by atoms with Crippen LogP contribution in [0.15, 0.2) is 0 Å². The van der Waals surface area contributed by atoms with E-state index in [-0.39, 0.29) is 18.5 Å². The summed E-state index contributed by atoms with van der Waals surface area (Å²) in [6.45, 7) is 11.4. The maximum Gasteiger partial charge on any atom is 0.417 e. The van der Waals surface area contributed by atoms with Crippen LogP contribution in [-0.4, -0.2) is 64.3 Å². The van der Waals surface area contributed by atoms with Crippen molar-refractivity contribution in [3.8, 4) is 0 Å². The van der Waals surface area contributed by atoms with E-state index in [4.69, 9.17) is 15.2 Å². The molecule has 26 heavy (non-hydrogen) atoms. The Morgan fingerprint density at radius 2 is 1.58 bits per heavy atom. The minimum Gasteiger partial charge on any atom is -0.444 e. The third kappa shape index (κ3) is 4.66. The standard InChI is InChI=1S/C18H31N3O5/c1-17(2,3)25-15(23)20-9-7-8-12(20)11-10-21(14(22)13(11)19)16(24)26-18(4,5)6/h11-13H,7-10,19H2,1-6H3. The number of likely N-dealkylation sites (tertiary alicyclic amines) is 2. The first-order valence-electron chi connectivity index (χ1n) is 9.10. The first-order valence-corrected chi connectivity index (χ1v) is 9.10. The van der Waals surface area contributed by atoms with Gasteiger partial charge in [-0.2, -0.15) is 0 Å². The van der Waals surface area contributed by atoms with Crippen LogP contribution in [0.3, 0.4) is 0 Å². The van der Waals surface area contributed by atoms with E-state index in [0.717, 1.165) is 17.7 Å². The zero-order valence-electron chi connectivity index (χ0n) is 16.6. The molecule has 0 aliphatic carbocycles. The highest BCUT2D eigenvalue weighted by atomic mass is 16.6. The highest BCUT2D eigenvalue weighted by Gasteiger charge is 2.49. The molecule has 0 spiro atoms. The Bertz CT molecular complexity index is 578. The third-order valence-electron chi connectivity index (χ3n) is 4.44. The van der Waals surface area contributed by atoms with Gasteiger partial charge in [0.1, 0.15) is 11.2 Å². The SMILES string of the molecule is CC(C)(C)OC(=O)N1CC(C2CCCN2C(=O)OC(C)(C)C)C(N)C1=O. The minimum atomic E-state index is -0.837. The van der Waals surface area contributed by atoms with Crippen molar-refractivity contribution in [1.82, 2.24) is 9.80 Å². The molecule has 2 aliphatic rings. The first kappa shape index (κ1) is 20.5. The molecule has 0 aromatic heterocycles. The summed E-state index contributed by atoms with van der Waals surface area (Å²) in [6, 6.07) is -1.06. The van der Waals surface area contributed by atoms with E-state index in [0.29, 0.717) is 6.54 Å². The van der Waals surface area contributed by atoms with Gasteiger partial charge in [-0.3, -0.25) is 4.79 Å². The van der Waals surface area contributed by atoms with E-state index in [1.165, 1.54) is 0 Å². The molecule has 3 unspecified atom stereocenters. The van der Waals surface area contributed by atoms with Crippen LogP contribution < -0.4 is 5.73 Å². The summed E-state index contributed by atoms with van der Waals surface area (Å²) >= 11 is 0. The lowest BCUT2D eigenvalue weighted by Gasteiger charge is -2.32. The number of hydrogen-bond acceptors (Lipinski definition) is 6. The predicted octanol–water partition coefficient (Wildman–Crippen LogP) is 2.11. The molecule has 0 aromatic rings. The number of hydrogen-bond donors (Lipinski definition) is 1. The lowest BCUT2D eigenvalue weighted by Crippen LogP contribution is -2.48. The van der Waals surface area contributed by atoms with Crippen molar-refractivity contribution >= 4 is 18.1 Å². The van der Waals surface area contributed by atoms with Gasteiger partial charge in [0.2, 0.25) is 5.91 Å². The van der Waals surface area contributed by atoms with Crippen molar-refractivity contribution in [2.24, 2.45) is 11.7 Å². The number of amides is 3. The van der Waals surface area contributed by atoms with Gasteiger partial charge in [-0.1, -0.05) is 0 Å². The normalized spacial score (nSPS) is 27.0. The van der Waals surface area contributed by atoms with E-state index in [1.54, 1.807) is 25.7 Å². The molecule has 2 fully saturated rings. The molecule has 2 heterocycles.